The Hall–Kier alpha value is -0.410. The maximum Gasteiger partial charge on any atom is 0.144 e. The molecule has 3 heteroatoms. The van der Waals surface area contributed by atoms with Gasteiger partial charge in [-0.2, -0.15) is 0 Å². The molecular formula is C8H22N2O. The van der Waals surface area contributed by atoms with Gasteiger partial charge in [-0.25, -0.2) is 0 Å². The van der Waals surface area contributed by atoms with Gasteiger partial charge in [-0.3, -0.25) is 16.1 Å². The summed E-state index contributed by atoms with van der Waals surface area (Å²) in [6, 6.07) is 0. The molecule has 0 bridgehead atoms. The first-order chi connectivity index (χ1) is 5.18. The summed E-state index contributed by atoms with van der Waals surface area (Å²) < 4.78 is 0. The monoisotopic (exact) mass is 162 g/mol. The highest BCUT2D eigenvalue weighted by molar-refractivity contribution is 5.77. The molecule has 0 spiro atoms. The Bertz CT molecular complexity index is 65.1. The van der Waals surface area contributed by atoms with Crippen LogP contribution in [0.3, 0.4) is 0 Å². The van der Waals surface area contributed by atoms with Gasteiger partial charge in [0.25, 0.3) is 0 Å². The van der Waals surface area contributed by atoms with Crippen LogP contribution in [0.1, 0.15) is 41.0 Å². The molecule has 0 aromatic rings. The first-order valence-corrected chi connectivity index (χ1v) is 4.11. The lowest BCUT2D eigenvalue weighted by Gasteiger charge is -1.85. The molecule has 0 radical (unpaired) electrons. The molecule has 0 fully saturated rings. The molecule has 0 atom stereocenters. The number of hydrogen-bond donors (Lipinski definition) is 2. The summed E-state index contributed by atoms with van der Waals surface area (Å²) in [6.07, 6.45) is 1.25. The summed E-state index contributed by atoms with van der Waals surface area (Å²) >= 11 is 0. The van der Waals surface area contributed by atoms with Gasteiger partial charge in [-0.05, 0) is 6.92 Å². The van der Waals surface area contributed by atoms with E-state index in [9.17, 15) is 4.79 Å². The average molecular weight is 162 g/mol. The molecule has 0 aliphatic rings. The van der Waals surface area contributed by atoms with Crippen LogP contribution < -0.4 is 11.3 Å². The number of Topliss-reactive ketones (excluding diaryl/α,β-unsaturated/α-hetero) is 1. The van der Waals surface area contributed by atoms with Gasteiger partial charge in [-0.1, -0.05) is 34.1 Å². The number of nitrogens with one attached hydrogen (secondary N) is 1. The van der Waals surface area contributed by atoms with E-state index in [0.29, 0.717) is 0 Å². The molecule has 0 heterocycles. The highest BCUT2D eigenvalue weighted by Gasteiger charge is 1.82. The van der Waals surface area contributed by atoms with Gasteiger partial charge >= 0.3 is 0 Å². The van der Waals surface area contributed by atoms with Gasteiger partial charge in [0.2, 0.25) is 0 Å². The molecule has 0 aromatic heterocycles. The molecule has 11 heavy (non-hydrogen) atoms. The summed E-state index contributed by atoms with van der Waals surface area (Å²) in [7, 11) is 0. The molecule has 3 nitrogen and oxygen atoms in total. The van der Waals surface area contributed by atoms with Crippen LogP contribution >= 0.6 is 0 Å². The third-order valence-electron chi connectivity index (χ3n) is 0.351. The van der Waals surface area contributed by atoms with Crippen molar-refractivity contribution in [2.75, 3.05) is 6.54 Å². The van der Waals surface area contributed by atoms with E-state index < -0.39 is 0 Å². The minimum absolute atomic E-state index is 0.0532. The minimum Gasteiger partial charge on any atom is -0.299 e. The number of carbonyl (C=O) groups is 1. The van der Waals surface area contributed by atoms with E-state index in [1.807, 2.05) is 13.8 Å². The van der Waals surface area contributed by atoms with E-state index in [0.717, 1.165) is 0 Å². The lowest BCUT2D eigenvalue weighted by Crippen LogP contribution is -2.27. The summed E-state index contributed by atoms with van der Waals surface area (Å²) in [5, 5.41) is 0. The lowest BCUT2D eigenvalue weighted by molar-refractivity contribution is -0.116. The van der Waals surface area contributed by atoms with E-state index in [1.165, 1.54) is 13.3 Å². The summed E-state index contributed by atoms with van der Waals surface area (Å²) in [4.78, 5) is 9.90. The maximum atomic E-state index is 9.90. The van der Waals surface area contributed by atoms with Crippen LogP contribution in [0.2, 0.25) is 0 Å². The van der Waals surface area contributed by atoms with Crippen molar-refractivity contribution in [1.29, 1.82) is 0 Å². The Kier molecular flexibility index (Phi) is 34.8. The van der Waals surface area contributed by atoms with Crippen molar-refractivity contribution >= 4 is 5.78 Å². The fourth-order valence-corrected chi connectivity index (χ4v) is 0.144. The second-order valence-electron chi connectivity index (χ2n) is 1.79. The smallest absolute Gasteiger partial charge is 0.144 e. The first-order valence-electron chi connectivity index (χ1n) is 4.11. The summed E-state index contributed by atoms with van der Waals surface area (Å²) in [6.45, 7) is 9.99. The van der Waals surface area contributed by atoms with Crippen molar-refractivity contribution in [1.82, 2.24) is 5.43 Å². The van der Waals surface area contributed by atoms with Gasteiger partial charge in [0, 0.05) is 0 Å². The van der Waals surface area contributed by atoms with Crippen LogP contribution in [-0.4, -0.2) is 12.3 Å². The zero-order valence-electron chi connectivity index (χ0n) is 8.40. The van der Waals surface area contributed by atoms with E-state index >= 15 is 0 Å². The molecule has 3 N–H and O–H groups in total. The van der Waals surface area contributed by atoms with Crippen LogP contribution in [0.5, 0.6) is 0 Å². The van der Waals surface area contributed by atoms with Crippen LogP contribution in [0.25, 0.3) is 0 Å². The van der Waals surface area contributed by atoms with Crippen molar-refractivity contribution < 1.29 is 4.79 Å². The Labute approximate surface area is 70.3 Å². The van der Waals surface area contributed by atoms with Gasteiger partial charge in [-0.15, -0.1) is 0 Å². The number of hydrazine groups is 1. The molecule has 0 aliphatic carbocycles. The van der Waals surface area contributed by atoms with Crippen molar-refractivity contribution in [3.8, 4) is 0 Å². The molecule has 0 saturated heterocycles. The van der Waals surface area contributed by atoms with Gasteiger partial charge in [0.1, 0.15) is 5.78 Å². The average Bonchev–Trinajstić information content (AvgIpc) is 1.93. The molecule has 0 saturated carbocycles. The Balaban J connectivity index is -0.000000109. The second-order valence-corrected chi connectivity index (χ2v) is 1.79. The van der Waals surface area contributed by atoms with Crippen LogP contribution in [0.15, 0.2) is 0 Å². The number of rotatable bonds is 2. The number of nitrogens with two attached hydrogens (primary N) is 1. The number of carbonyl (C=O) groups excluding carboxylic acids is 1. The van der Waals surface area contributed by atoms with Crippen molar-refractivity contribution in [3.05, 3.63) is 0 Å². The highest BCUT2D eigenvalue weighted by Crippen LogP contribution is 1.56. The van der Waals surface area contributed by atoms with E-state index in [2.05, 4.69) is 19.3 Å². The predicted molar refractivity (Wildman–Crippen MR) is 50.2 cm³/mol. The van der Waals surface area contributed by atoms with E-state index in [1.54, 1.807) is 0 Å². The molecule has 0 amide bonds. The van der Waals surface area contributed by atoms with Crippen LogP contribution in [-0.2, 0) is 4.79 Å². The summed E-state index contributed by atoms with van der Waals surface area (Å²) in [5.74, 6) is 4.81. The van der Waals surface area contributed by atoms with Crippen molar-refractivity contribution in [2.45, 2.75) is 41.0 Å². The Morgan fingerprint density at radius 2 is 1.64 bits per heavy atom. The highest BCUT2D eigenvalue weighted by atomic mass is 16.1. The number of hydrogen-bond acceptors (Lipinski definition) is 3. The fraction of sp³-hybridized carbons (Fsp3) is 0.875. The first kappa shape index (κ1) is 16.9. The molecule has 0 rings (SSSR count). The Morgan fingerprint density at radius 3 is 1.64 bits per heavy atom. The third kappa shape index (κ3) is 82.4. The number of ketones is 1. The largest absolute Gasteiger partial charge is 0.299 e. The summed E-state index contributed by atoms with van der Waals surface area (Å²) in [5.41, 5.74) is 2.22. The molecular weight excluding hydrogens is 140 g/mol. The predicted octanol–water partition coefficient (Wildman–Crippen LogP) is 1.48. The Morgan fingerprint density at radius 1 is 1.36 bits per heavy atom. The van der Waals surface area contributed by atoms with Gasteiger partial charge in [0.05, 0.1) is 6.54 Å². The van der Waals surface area contributed by atoms with Crippen LogP contribution in [0.4, 0.5) is 0 Å². The second kappa shape index (κ2) is 22.6. The molecule has 0 aromatic carbocycles. The van der Waals surface area contributed by atoms with Crippen LogP contribution in [0, 0.1) is 0 Å². The van der Waals surface area contributed by atoms with E-state index in [-0.39, 0.29) is 12.3 Å². The lowest BCUT2D eigenvalue weighted by atomic mass is 10.5. The zero-order chi connectivity index (χ0) is 9.70. The topological polar surface area (TPSA) is 55.1 Å². The quantitative estimate of drug-likeness (QED) is 0.477. The van der Waals surface area contributed by atoms with E-state index in [4.69, 9.17) is 5.84 Å². The molecule has 70 valence electrons. The fourth-order valence-electron chi connectivity index (χ4n) is 0.144. The normalized spacial score (nSPS) is 6.73. The zero-order valence-corrected chi connectivity index (χ0v) is 8.40. The van der Waals surface area contributed by atoms with Crippen molar-refractivity contribution in [3.63, 3.8) is 0 Å². The standard InChI is InChI=1S/C3H8N2O.C3H8.C2H6/c1-3(6)2-5-4;1-3-2;1-2/h5H,2,4H2,1H3;3H2,1-2H3;1-2H3. The van der Waals surface area contributed by atoms with Crippen molar-refractivity contribution in [2.24, 2.45) is 5.84 Å². The minimum atomic E-state index is 0.0532. The molecule has 0 aliphatic heterocycles. The maximum absolute atomic E-state index is 9.90. The SMILES string of the molecule is CC.CC(=O)CNN.CCC. The van der Waals surface area contributed by atoms with Gasteiger partial charge < -0.3 is 0 Å². The molecule has 0 unspecified atom stereocenters. The third-order valence-corrected chi connectivity index (χ3v) is 0.351. The van der Waals surface area contributed by atoms with Gasteiger partial charge in [0.15, 0.2) is 0 Å².